The van der Waals surface area contributed by atoms with E-state index in [0.717, 1.165) is 11.8 Å². The number of fused-ring (bicyclic) bond motifs is 1. The number of hydrogen-bond donors (Lipinski definition) is 2. The number of hydrogen-bond acceptors (Lipinski definition) is 6. The highest BCUT2D eigenvalue weighted by Crippen LogP contribution is 2.20. The molecule has 10 heteroatoms. The fourth-order valence-corrected chi connectivity index (χ4v) is 4.53. The van der Waals surface area contributed by atoms with Gasteiger partial charge in [-0.15, -0.1) is 0 Å². The minimum absolute atomic E-state index is 0.0117. The molecule has 0 spiro atoms. The van der Waals surface area contributed by atoms with E-state index in [1.165, 1.54) is 16.7 Å². The number of sulfonamides is 1. The zero-order valence-electron chi connectivity index (χ0n) is 17.3. The maximum Gasteiger partial charge on any atom is 0.262 e. The number of carbonyl (C=O) groups excluding carboxylic acids is 1. The van der Waals surface area contributed by atoms with Crippen LogP contribution in [0.1, 0.15) is 5.56 Å². The number of aromatic nitrogens is 2. The molecule has 4 aromatic rings. The van der Waals surface area contributed by atoms with E-state index in [1.807, 2.05) is 18.2 Å². The SMILES string of the molecule is NS(=O)(=O)c1ccc(Cn2c(SCC(=O)Nc3ccccc3)nc3ccccc3c2=O)cc1. The second kappa shape index (κ2) is 9.57. The predicted molar refractivity (Wildman–Crippen MR) is 129 cm³/mol. The van der Waals surface area contributed by atoms with Crippen molar-refractivity contribution in [3.63, 3.8) is 0 Å². The third-order valence-electron chi connectivity index (χ3n) is 4.81. The summed E-state index contributed by atoms with van der Waals surface area (Å²) in [6.07, 6.45) is 0. The topological polar surface area (TPSA) is 124 Å². The molecule has 1 heterocycles. The van der Waals surface area contributed by atoms with Crippen molar-refractivity contribution < 1.29 is 13.2 Å². The largest absolute Gasteiger partial charge is 0.325 e. The molecule has 0 atom stereocenters. The van der Waals surface area contributed by atoms with Gasteiger partial charge in [0.05, 0.1) is 28.1 Å². The summed E-state index contributed by atoms with van der Waals surface area (Å²) < 4.78 is 24.5. The van der Waals surface area contributed by atoms with Crippen LogP contribution in [0, 0.1) is 0 Å². The molecular weight excluding hydrogens is 460 g/mol. The number of nitrogens with zero attached hydrogens (tertiary/aromatic N) is 2. The lowest BCUT2D eigenvalue weighted by atomic mass is 10.2. The molecule has 3 N–H and O–H groups in total. The summed E-state index contributed by atoms with van der Waals surface area (Å²) >= 11 is 1.15. The minimum Gasteiger partial charge on any atom is -0.325 e. The number of thioether (sulfide) groups is 1. The highest BCUT2D eigenvalue weighted by atomic mass is 32.2. The molecule has 0 bridgehead atoms. The third kappa shape index (κ3) is 5.48. The van der Waals surface area contributed by atoms with Gasteiger partial charge in [-0.2, -0.15) is 0 Å². The van der Waals surface area contributed by atoms with Crippen LogP contribution < -0.4 is 16.0 Å². The van der Waals surface area contributed by atoms with E-state index in [1.54, 1.807) is 48.5 Å². The number of rotatable bonds is 7. The number of primary sulfonamides is 1. The molecule has 3 aromatic carbocycles. The van der Waals surface area contributed by atoms with Crippen molar-refractivity contribution in [2.75, 3.05) is 11.1 Å². The number of anilines is 1. The maximum absolute atomic E-state index is 13.2. The molecule has 0 saturated heterocycles. The fraction of sp³-hybridized carbons (Fsp3) is 0.0870. The Morgan fingerprint density at radius 1 is 0.970 bits per heavy atom. The molecule has 168 valence electrons. The summed E-state index contributed by atoms with van der Waals surface area (Å²) in [7, 11) is -3.81. The van der Waals surface area contributed by atoms with Gasteiger partial charge in [0, 0.05) is 5.69 Å². The first-order valence-electron chi connectivity index (χ1n) is 9.90. The highest BCUT2D eigenvalue weighted by molar-refractivity contribution is 7.99. The number of amides is 1. The fourth-order valence-electron chi connectivity index (χ4n) is 3.21. The molecule has 0 unspecified atom stereocenters. The van der Waals surface area contributed by atoms with Gasteiger partial charge >= 0.3 is 0 Å². The van der Waals surface area contributed by atoms with Crippen LogP contribution in [0.3, 0.4) is 0 Å². The van der Waals surface area contributed by atoms with Gasteiger partial charge < -0.3 is 5.32 Å². The summed E-state index contributed by atoms with van der Waals surface area (Å²) in [6, 6.07) is 22.1. The lowest BCUT2D eigenvalue weighted by Crippen LogP contribution is -2.25. The Balaban J connectivity index is 1.63. The number of para-hydroxylation sites is 2. The van der Waals surface area contributed by atoms with E-state index in [0.29, 0.717) is 27.3 Å². The average Bonchev–Trinajstić information content (AvgIpc) is 2.80. The zero-order chi connectivity index (χ0) is 23.4. The summed E-state index contributed by atoms with van der Waals surface area (Å²) in [6.45, 7) is 0.157. The van der Waals surface area contributed by atoms with Crippen LogP contribution in [-0.4, -0.2) is 29.6 Å². The Kier molecular flexibility index (Phi) is 6.59. The molecule has 33 heavy (non-hydrogen) atoms. The Labute approximate surface area is 194 Å². The van der Waals surface area contributed by atoms with Crippen LogP contribution in [0.25, 0.3) is 10.9 Å². The Morgan fingerprint density at radius 2 is 1.64 bits per heavy atom. The van der Waals surface area contributed by atoms with E-state index >= 15 is 0 Å². The van der Waals surface area contributed by atoms with Crippen LogP contribution in [0.2, 0.25) is 0 Å². The molecular formula is C23H20N4O4S2. The van der Waals surface area contributed by atoms with Gasteiger partial charge in [0.25, 0.3) is 5.56 Å². The van der Waals surface area contributed by atoms with Gasteiger partial charge in [-0.05, 0) is 42.0 Å². The van der Waals surface area contributed by atoms with Gasteiger partial charge in [-0.25, -0.2) is 18.5 Å². The summed E-state index contributed by atoms with van der Waals surface area (Å²) in [5.74, 6) is -0.165. The van der Waals surface area contributed by atoms with E-state index in [4.69, 9.17) is 5.14 Å². The lowest BCUT2D eigenvalue weighted by molar-refractivity contribution is -0.113. The first-order valence-corrected chi connectivity index (χ1v) is 12.4. The monoisotopic (exact) mass is 480 g/mol. The van der Waals surface area contributed by atoms with Crippen LogP contribution in [-0.2, 0) is 21.4 Å². The molecule has 1 aromatic heterocycles. The Bertz CT molecular complexity index is 1470. The second-order valence-corrected chi connectivity index (χ2v) is 9.70. The van der Waals surface area contributed by atoms with Crippen molar-refractivity contribution in [1.82, 2.24) is 9.55 Å². The van der Waals surface area contributed by atoms with Gasteiger partial charge in [-0.3, -0.25) is 14.2 Å². The molecule has 0 aliphatic carbocycles. The predicted octanol–water partition coefficient (Wildman–Crippen LogP) is 2.82. The summed E-state index contributed by atoms with van der Waals surface area (Å²) in [4.78, 5) is 30.2. The van der Waals surface area contributed by atoms with Crippen molar-refractivity contribution in [2.24, 2.45) is 5.14 Å². The number of benzene rings is 3. The molecule has 8 nitrogen and oxygen atoms in total. The molecule has 0 saturated carbocycles. The minimum atomic E-state index is -3.81. The molecule has 0 fully saturated rings. The summed E-state index contributed by atoms with van der Waals surface area (Å²) in [5, 5.41) is 8.81. The molecule has 1 amide bonds. The standard InChI is InChI=1S/C23H20N4O4S2/c24-33(30,31)18-12-10-16(11-13-18)14-27-22(29)19-8-4-5-9-20(19)26-23(27)32-15-21(28)25-17-6-2-1-3-7-17/h1-13H,14-15H2,(H,25,28)(H2,24,30,31). The maximum atomic E-state index is 13.2. The Hall–Kier alpha value is -3.47. The van der Waals surface area contributed by atoms with Crippen molar-refractivity contribution in [3.8, 4) is 0 Å². The van der Waals surface area contributed by atoms with Crippen LogP contribution in [0.5, 0.6) is 0 Å². The van der Waals surface area contributed by atoms with Crippen molar-refractivity contribution >= 4 is 44.3 Å². The smallest absolute Gasteiger partial charge is 0.262 e. The Morgan fingerprint density at radius 3 is 2.33 bits per heavy atom. The van der Waals surface area contributed by atoms with Crippen molar-refractivity contribution in [1.29, 1.82) is 0 Å². The summed E-state index contributed by atoms with van der Waals surface area (Å²) in [5.41, 5.74) is 1.66. The molecule has 0 radical (unpaired) electrons. The quantitative estimate of drug-likeness (QED) is 0.310. The lowest BCUT2D eigenvalue weighted by Gasteiger charge is -2.13. The third-order valence-corrected chi connectivity index (χ3v) is 6.71. The first kappa shape index (κ1) is 22.7. The van der Waals surface area contributed by atoms with E-state index in [2.05, 4.69) is 10.3 Å². The first-order chi connectivity index (χ1) is 15.8. The number of nitrogens with two attached hydrogens (primary N) is 1. The van der Waals surface area contributed by atoms with E-state index in [-0.39, 0.29) is 28.7 Å². The number of carbonyl (C=O) groups is 1. The highest BCUT2D eigenvalue weighted by Gasteiger charge is 2.15. The van der Waals surface area contributed by atoms with Crippen LogP contribution in [0.4, 0.5) is 5.69 Å². The van der Waals surface area contributed by atoms with Gasteiger partial charge in [0.2, 0.25) is 15.9 Å². The van der Waals surface area contributed by atoms with E-state index < -0.39 is 10.0 Å². The van der Waals surface area contributed by atoms with Gasteiger partial charge in [0.1, 0.15) is 0 Å². The molecule has 0 aliphatic rings. The van der Waals surface area contributed by atoms with Crippen molar-refractivity contribution in [3.05, 3.63) is 94.8 Å². The van der Waals surface area contributed by atoms with Crippen LogP contribution >= 0.6 is 11.8 Å². The number of nitrogens with one attached hydrogen (secondary N) is 1. The van der Waals surface area contributed by atoms with Crippen molar-refractivity contribution in [2.45, 2.75) is 16.6 Å². The van der Waals surface area contributed by atoms with E-state index in [9.17, 15) is 18.0 Å². The molecule has 4 rings (SSSR count). The molecule has 0 aliphatic heterocycles. The van der Waals surface area contributed by atoms with Gasteiger partial charge in [0.15, 0.2) is 5.16 Å². The van der Waals surface area contributed by atoms with Crippen LogP contribution in [0.15, 0.2) is 93.7 Å². The van der Waals surface area contributed by atoms with Gasteiger partial charge in [-0.1, -0.05) is 54.2 Å². The average molecular weight is 481 g/mol. The normalized spacial score (nSPS) is 11.4. The second-order valence-electron chi connectivity index (χ2n) is 7.19. The zero-order valence-corrected chi connectivity index (χ0v) is 19.0.